The van der Waals surface area contributed by atoms with Crippen LogP contribution >= 0.6 is 0 Å². The molecule has 1 N–H and O–H groups in total. The number of piperazine rings is 1. The van der Waals surface area contributed by atoms with E-state index < -0.39 is 0 Å². The Hall–Kier alpha value is -1.65. The van der Waals surface area contributed by atoms with Gasteiger partial charge in [0.2, 0.25) is 0 Å². The van der Waals surface area contributed by atoms with E-state index in [0.717, 1.165) is 31.7 Å². The normalized spacial score (nSPS) is 17.1. The molecule has 0 atom stereocenters. The van der Waals surface area contributed by atoms with Gasteiger partial charge in [-0.05, 0) is 37.2 Å². The number of phenols is 1. The van der Waals surface area contributed by atoms with Gasteiger partial charge in [-0.25, -0.2) is 0 Å². The van der Waals surface area contributed by atoms with Crippen LogP contribution in [0.4, 0.5) is 0 Å². The summed E-state index contributed by atoms with van der Waals surface area (Å²) in [6, 6.07) is 5.06. The van der Waals surface area contributed by atoms with Gasteiger partial charge in [0, 0.05) is 31.7 Å². The van der Waals surface area contributed by atoms with Gasteiger partial charge in [0.05, 0.1) is 6.54 Å². The maximum atomic E-state index is 12.3. The van der Waals surface area contributed by atoms with Crippen molar-refractivity contribution >= 4 is 5.78 Å². The number of rotatable bonds is 5. The van der Waals surface area contributed by atoms with E-state index in [-0.39, 0.29) is 11.5 Å². The number of hydrogen-bond donors (Lipinski definition) is 1. The third-order valence-electron chi connectivity index (χ3n) is 3.73. The Kier molecular flexibility index (Phi) is 4.93. The van der Waals surface area contributed by atoms with Crippen molar-refractivity contribution in [3.8, 4) is 5.75 Å². The largest absolute Gasteiger partial charge is 0.508 e. The predicted molar refractivity (Wildman–Crippen MR) is 80.3 cm³/mol. The minimum Gasteiger partial charge on any atom is -0.508 e. The average molecular weight is 274 g/mol. The number of allylic oxidation sites excluding steroid dienone is 1. The van der Waals surface area contributed by atoms with Crippen molar-refractivity contribution < 1.29 is 9.90 Å². The molecular weight excluding hydrogens is 252 g/mol. The summed E-state index contributed by atoms with van der Waals surface area (Å²) in [6.45, 7) is 7.98. The Bertz CT molecular complexity index is 491. The number of ketones is 1. The maximum absolute atomic E-state index is 12.3. The van der Waals surface area contributed by atoms with Crippen LogP contribution in [0.1, 0.15) is 15.9 Å². The molecule has 0 amide bonds. The molecule has 1 aromatic rings. The smallest absolute Gasteiger partial charge is 0.176 e. The fourth-order valence-electron chi connectivity index (χ4n) is 2.38. The Balaban J connectivity index is 2.01. The van der Waals surface area contributed by atoms with E-state index >= 15 is 0 Å². The molecule has 0 spiro atoms. The molecular formula is C16H22N2O2. The number of aromatic hydroxyl groups is 1. The lowest BCUT2D eigenvalue weighted by Crippen LogP contribution is -2.46. The second-order valence-corrected chi connectivity index (χ2v) is 5.34. The van der Waals surface area contributed by atoms with Crippen molar-refractivity contribution in [3.63, 3.8) is 0 Å². The van der Waals surface area contributed by atoms with E-state index in [0.29, 0.717) is 18.5 Å². The summed E-state index contributed by atoms with van der Waals surface area (Å²) in [6.07, 6.45) is 2.30. The standard InChI is InChI=1S/C16H22N2O2/c1-3-4-13-11-14(5-6-15(13)19)16(20)12-18-9-7-17(2)8-10-18/h3,5-6,11,19H,1,4,7-10,12H2,2H3. The number of carbonyl (C=O) groups excluding carboxylic acids is 1. The van der Waals surface area contributed by atoms with Gasteiger partial charge in [0.1, 0.15) is 5.75 Å². The molecule has 20 heavy (non-hydrogen) atoms. The first-order valence-electron chi connectivity index (χ1n) is 6.97. The monoisotopic (exact) mass is 274 g/mol. The summed E-state index contributed by atoms with van der Waals surface area (Å²) in [7, 11) is 2.10. The van der Waals surface area contributed by atoms with Crippen LogP contribution in [0.5, 0.6) is 5.75 Å². The summed E-state index contributed by atoms with van der Waals surface area (Å²) in [4.78, 5) is 16.7. The second kappa shape index (κ2) is 6.68. The van der Waals surface area contributed by atoms with Crippen molar-refractivity contribution in [1.29, 1.82) is 0 Å². The topological polar surface area (TPSA) is 43.8 Å². The molecule has 0 saturated carbocycles. The zero-order valence-electron chi connectivity index (χ0n) is 12.0. The fraction of sp³-hybridized carbons (Fsp3) is 0.438. The van der Waals surface area contributed by atoms with Crippen molar-refractivity contribution in [2.24, 2.45) is 0 Å². The molecule has 0 unspecified atom stereocenters. The Labute approximate surface area is 120 Å². The zero-order chi connectivity index (χ0) is 14.5. The molecule has 1 aliphatic heterocycles. The van der Waals surface area contributed by atoms with Crippen LogP contribution < -0.4 is 0 Å². The van der Waals surface area contributed by atoms with Crippen LogP contribution in [0.3, 0.4) is 0 Å². The summed E-state index contributed by atoms with van der Waals surface area (Å²) in [5.41, 5.74) is 1.42. The minimum absolute atomic E-state index is 0.111. The number of nitrogens with zero attached hydrogens (tertiary/aromatic N) is 2. The molecule has 1 fully saturated rings. The van der Waals surface area contributed by atoms with E-state index in [9.17, 15) is 9.90 Å². The van der Waals surface area contributed by atoms with Gasteiger partial charge < -0.3 is 10.0 Å². The highest BCUT2D eigenvalue weighted by atomic mass is 16.3. The van der Waals surface area contributed by atoms with Crippen LogP contribution in [0.2, 0.25) is 0 Å². The molecule has 0 aromatic heterocycles. The fourth-order valence-corrected chi connectivity index (χ4v) is 2.38. The summed E-state index contributed by atoms with van der Waals surface area (Å²) in [5, 5.41) is 9.72. The molecule has 2 rings (SSSR count). The third kappa shape index (κ3) is 3.68. The Morgan fingerprint density at radius 2 is 2.05 bits per heavy atom. The highest BCUT2D eigenvalue weighted by Crippen LogP contribution is 2.20. The Morgan fingerprint density at radius 3 is 2.70 bits per heavy atom. The van der Waals surface area contributed by atoms with Gasteiger partial charge in [0.25, 0.3) is 0 Å². The first-order chi connectivity index (χ1) is 9.60. The lowest BCUT2D eigenvalue weighted by molar-refractivity contribution is 0.0876. The van der Waals surface area contributed by atoms with Crippen LogP contribution in [0.25, 0.3) is 0 Å². The lowest BCUT2D eigenvalue weighted by atomic mass is 10.0. The number of carbonyl (C=O) groups is 1. The van der Waals surface area contributed by atoms with E-state index in [2.05, 4.69) is 23.4 Å². The molecule has 1 aromatic carbocycles. The van der Waals surface area contributed by atoms with E-state index in [1.165, 1.54) is 0 Å². The number of likely N-dealkylation sites (N-methyl/N-ethyl adjacent to an activating group) is 1. The molecule has 0 bridgehead atoms. The minimum atomic E-state index is 0.111. The van der Waals surface area contributed by atoms with Gasteiger partial charge in [-0.1, -0.05) is 6.08 Å². The molecule has 1 aliphatic rings. The highest BCUT2D eigenvalue weighted by molar-refractivity contribution is 5.98. The lowest BCUT2D eigenvalue weighted by Gasteiger charge is -2.31. The van der Waals surface area contributed by atoms with Gasteiger partial charge in [-0.2, -0.15) is 0 Å². The summed E-state index contributed by atoms with van der Waals surface area (Å²) < 4.78 is 0. The molecule has 1 saturated heterocycles. The molecule has 0 radical (unpaired) electrons. The van der Waals surface area contributed by atoms with Crippen molar-refractivity contribution in [3.05, 3.63) is 42.0 Å². The second-order valence-electron chi connectivity index (χ2n) is 5.34. The zero-order valence-corrected chi connectivity index (χ0v) is 12.0. The SMILES string of the molecule is C=CCc1cc(C(=O)CN2CCN(C)CC2)ccc1O. The molecule has 0 aliphatic carbocycles. The summed E-state index contributed by atoms with van der Waals surface area (Å²) >= 11 is 0. The maximum Gasteiger partial charge on any atom is 0.176 e. The number of hydrogen-bond acceptors (Lipinski definition) is 4. The van der Waals surface area contributed by atoms with Gasteiger partial charge in [0.15, 0.2) is 5.78 Å². The van der Waals surface area contributed by atoms with Gasteiger partial charge in [-0.15, -0.1) is 6.58 Å². The van der Waals surface area contributed by atoms with E-state index in [1.807, 2.05) is 0 Å². The number of Topliss-reactive ketones (excluding diaryl/α,β-unsaturated/α-hetero) is 1. The molecule has 108 valence electrons. The van der Waals surface area contributed by atoms with Crippen molar-refractivity contribution in [2.45, 2.75) is 6.42 Å². The summed E-state index contributed by atoms with van der Waals surface area (Å²) in [5.74, 6) is 0.334. The van der Waals surface area contributed by atoms with Crippen LogP contribution in [-0.4, -0.2) is 60.5 Å². The van der Waals surface area contributed by atoms with Crippen molar-refractivity contribution in [1.82, 2.24) is 9.80 Å². The highest BCUT2D eigenvalue weighted by Gasteiger charge is 2.17. The van der Waals surface area contributed by atoms with Crippen LogP contribution in [0, 0.1) is 0 Å². The predicted octanol–water partition coefficient (Wildman–Crippen LogP) is 1.55. The quantitative estimate of drug-likeness (QED) is 0.653. The molecule has 1 heterocycles. The van der Waals surface area contributed by atoms with Crippen LogP contribution in [-0.2, 0) is 6.42 Å². The first-order valence-corrected chi connectivity index (χ1v) is 6.97. The van der Waals surface area contributed by atoms with Gasteiger partial charge >= 0.3 is 0 Å². The van der Waals surface area contributed by atoms with E-state index in [4.69, 9.17) is 0 Å². The van der Waals surface area contributed by atoms with Crippen molar-refractivity contribution in [2.75, 3.05) is 39.8 Å². The average Bonchev–Trinajstić information content (AvgIpc) is 2.44. The molecule has 4 heteroatoms. The van der Waals surface area contributed by atoms with E-state index in [1.54, 1.807) is 24.3 Å². The number of benzene rings is 1. The third-order valence-corrected chi connectivity index (χ3v) is 3.73. The Morgan fingerprint density at radius 1 is 1.35 bits per heavy atom. The molecule has 4 nitrogen and oxygen atoms in total. The number of phenolic OH excluding ortho intramolecular Hbond substituents is 1. The van der Waals surface area contributed by atoms with Crippen LogP contribution in [0.15, 0.2) is 30.9 Å². The van der Waals surface area contributed by atoms with Gasteiger partial charge in [-0.3, -0.25) is 9.69 Å². The first kappa shape index (κ1) is 14.8.